The van der Waals surface area contributed by atoms with Crippen LogP contribution < -0.4 is 10.1 Å². The maximum absolute atomic E-state index is 5.59. The number of rotatable bonds is 4. The van der Waals surface area contributed by atoms with Crippen LogP contribution in [0.5, 0.6) is 11.6 Å². The summed E-state index contributed by atoms with van der Waals surface area (Å²) in [6, 6.07) is 7.35. The molecule has 2 heterocycles. The Hall–Kier alpha value is -2.01. The van der Waals surface area contributed by atoms with Crippen LogP contribution in [0.1, 0.15) is 11.4 Å². The second-order valence-corrected chi connectivity index (χ2v) is 3.58. The molecule has 0 saturated heterocycles. The minimum atomic E-state index is 0.473. The van der Waals surface area contributed by atoms with Gasteiger partial charge in [0, 0.05) is 18.8 Å². The van der Waals surface area contributed by atoms with E-state index in [1.807, 2.05) is 32.2 Å². The molecule has 0 bridgehead atoms. The monoisotopic (exact) mass is 230 g/mol. The van der Waals surface area contributed by atoms with Gasteiger partial charge in [0.25, 0.3) is 0 Å². The lowest BCUT2D eigenvalue weighted by molar-refractivity contribution is 0.447. The lowest BCUT2D eigenvalue weighted by Crippen LogP contribution is -2.07. The Kier molecular flexibility index (Phi) is 3.62. The first-order valence-corrected chi connectivity index (χ1v) is 5.36. The fraction of sp³-hybridized carbons (Fsp3) is 0.250. The summed E-state index contributed by atoms with van der Waals surface area (Å²) in [6.07, 6.45) is 1.73. The summed E-state index contributed by atoms with van der Waals surface area (Å²) < 4.78 is 5.59. The fourth-order valence-corrected chi connectivity index (χ4v) is 1.37. The molecule has 1 N–H and O–H groups in total. The van der Waals surface area contributed by atoms with E-state index in [0.29, 0.717) is 18.2 Å². The van der Waals surface area contributed by atoms with Crippen LogP contribution in [0.3, 0.4) is 0 Å². The molecule has 0 aromatic carbocycles. The van der Waals surface area contributed by atoms with Crippen molar-refractivity contribution in [3.63, 3.8) is 0 Å². The van der Waals surface area contributed by atoms with E-state index in [4.69, 9.17) is 4.74 Å². The van der Waals surface area contributed by atoms with Gasteiger partial charge in [-0.05, 0) is 32.2 Å². The van der Waals surface area contributed by atoms with Crippen molar-refractivity contribution in [3.8, 4) is 11.6 Å². The maximum atomic E-state index is 5.59. The molecule has 88 valence electrons. The largest absolute Gasteiger partial charge is 0.436 e. The first kappa shape index (κ1) is 11.5. The SMILES string of the molecule is CNCc1ccc(Oc2cccnc2C)nn1. The third kappa shape index (κ3) is 2.98. The van der Waals surface area contributed by atoms with Crippen LogP contribution in [-0.2, 0) is 6.54 Å². The molecule has 0 radical (unpaired) electrons. The number of hydrogen-bond acceptors (Lipinski definition) is 5. The maximum Gasteiger partial charge on any atom is 0.238 e. The normalized spacial score (nSPS) is 10.2. The van der Waals surface area contributed by atoms with Gasteiger partial charge in [-0.3, -0.25) is 4.98 Å². The third-order valence-electron chi connectivity index (χ3n) is 2.23. The minimum Gasteiger partial charge on any atom is -0.436 e. The topological polar surface area (TPSA) is 59.9 Å². The number of ether oxygens (including phenoxy) is 1. The zero-order valence-corrected chi connectivity index (χ0v) is 9.84. The minimum absolute atomic E-state index is 0.473. The van der Waals surface area contributed by atoms with Crippen molar-refractivity contribution in [2.75, 3.05) is 7.05 Å². The van der Waals surface area contributed by atoms with Crippen LogP contribution in [-0.4, -0.2) is 22.2 Å². The van der Waals surface area contributed by atoms with Gasteiger partial charge < -0.3 is 10.1 Å². The van der Waals surface area contributed by atoms with E-state index in [1.54, 1.807) is 12.3 Å². The second kappa shape index (κ2) is 5.36. The average molecular weight is 230 g/mol. The molecular formula is C12H14N4O. The number of hydrogen-bond donors (Lipinski definition) is 1. The summed E-state index contributed by atoms with van der Waals surface area (Å²) >= 11 is 0. The number of nitrogens with zero attached hydrogens (tertiary/aromatic N) is 3. The number of nitrogens with one attached hydrogen (secondary N) is 1. The van der Waals surface area contributed by atoms with E-state index in [2.05, 4.69) is 20.5 Å². The highest BCUT2D eigenvalue weighted by molar-refractivity contribution is 5.29. The summed E-state index contributed by atoms with van der Waals surface area (Å²) in [5, 5.41) is 11.0. The summed E-state index contributed by atoms with van der Waals surface area (Å²) in [7, 11) is 1.87. The molecule has 0 fully saturated rings. The van der Waals surface area contributed by atoms with Gasteiger partial charge in [-0.1, -0.05) is 0 Å². The zero-order chi connectivity index (χ0) is 12.1. The molecule has 0 atom stereocenters. The Morgan fingerprint density at radius 1 is 1.24 bits per heavy atom. The predicted octanol–water partition coefficient (Wildman–Crippen LogP) is 1.69. The summed E-state index contributed by atoms with van der Waals surface area (Å²) in [5.41, 5.74) is 1.70. The van der Waals surface area contributed by atoms with Crippen molar-refractivity contribution in [2.45, 2.75) is 13.5 Å². The molecular weight excluding hydrogens is 216 g/mol. The zero-order valence-electron chi connectivity index (χ0n) is 9.84. The molecule has 0 aliphatic rings. The average Bonchev–Trinajstić information content (AvgIpc) is 2.35. The van der Waals surface area contributed by atoms with Gasteiger partial charge >= 0.3 is 0 Å². The van der Waals surface area contributed by atoms with Crippen molar-refractivity contribution < 1.29 is 4.74 Å². The summed E-state index contributed by atoms with van der Waals surface area (Å²) in [4.78, 5) is 4.14. The number of aryl methyl sites for hydroxylation is 1. The van der Waals surface area contributed by atoms with Crippen molar-refractivity contribution in [1.29, 1.82) is 0 Å². The van der Waals surface area contributed by atoms with Gasteiger partial charge in [-0.15, -0.1) is 5.10 Å². The molecule has 0 aliphatic heterocycles. The Balaban J connectivity index is 2.11. The smallest absolute Gasteiger partial charge is 0.238 e. The Morgan fingerprint density at radius 2 is 2.12 bits per heavy atom. The van der Waals surface area contributed by atoms with E-state index < -0.39 is 0 Å². The fourth-order valence-electron chi connectivity index (χ4n) is 1.37. The Labute approximate surface area is 99.9 Å². The van der Waals surface area contributed by atoms with Gasteiger partial charge in [0.05, 0.1) is 11.4 Å². The van der Waals surface area contributed by atoms with Crippen LogP contribution in [0.4, 0.5) is 0 Å². The van der Waals surface area contributed by atoms with E-state index >= 15 is 0 Å². The standard InChI is InChI=1S/C12H14N4O/c1-9-11(4-3-7-14-9)17-12-6-5-10(8-13-2)15-16-12/h3-7,13H,8H2,1-2H3. The van der Waals surface area contributed by atoms with E-state index in [9.17, 15) is 0 Å². The van der Waals surface area contributed by atoms with Gasteiger partial charge in [-0.25, -0.2) is 0 Å². The highest BCUT2D eigenvalue weighted by Gasteiger charge is 2.03. The molecule has 2 aromatic rings. The first-order valence-electron chi connectivity index (χ1n) is 5.36. The first-order chi connectivity index (χ1) is 8.29. The van der Waals surface area contributed by atoms with Crippen molar-refractivity contribution in [2.24, 2.45) is 0 Å². The number of pyridine rings is 1. The summed E-state index contributed by atoms with van der Waals surface area (Å²) in [6.45, 7) is 2.58. The predicted molar refractivity (Wildman–Crippen MR) is 63.8 cm³/mol. The third-order valence-corrected chi connectivity index (χ3v) is 2.23. The van der Waals surface area contributed by atoms with E-state index in [-0.39, 0.29) is 0 Å². The molecule has 0 saturated carbocycles. The van der Waals surface area contributed by atoms with Crippen LogP contribution in [0.15, 0.2) is 30.5 Å². The van der Waals surface area contributed by atoms with Crippen molar-refractivity contribution in [1.82, 2.24) is 20.5 Å². The highest BCUT2D eigenvalue weighted by Crippen LogP contribution is 2.20. The molecule has 17 heavy (non-hydrogen) atoms. The van der Waals surface area contributed by atoms with Crippen LogP contribution in [0.2, 0.25) is 0 Å². The number of aromatic nitrogens is 3. The van der Waals surface area contributed by atoms with Gasteiger partial charge in [0.15, 0.2) is 5.75 Å². The lowest BCUT2D eigenvalue weighted by atomic mass is 10.3. The molecule has 2 aromatic heterocycles. The molecule has 5 heteroatoms. The molecule has 0 aliphatic carbocycles. The highest BCUT2D eigenvalue weighted by atomic mass is 16.5. The summed E-state index contributed by atoms with van der Waals surface area (Å²) in [5.74, 6) is 1.17. The van der Waals surface area contributed by atoms with E-state index in [1.165, 1.54) is 0 Å². The van der Waals surface area contributed by atoms with Crippen molar-refractivity contribution >= 4 is 0 Å². The lowest BCUT2D eigenvalue weighted by Gasteiger charge is -2.06. The van der Waals surface area contributed by atoms with Gasteiger partial charge in [0.1, 0.15) is 0 Å². The van der Waals surface area contributed by atoms with Crippen LogP contribution >= 0.6 is 0 Å². The molecule has 5 nitrogen and oxygen atoms in total. The molecule has 0 unspecified atom stereocenters. The molecule has 0 amide bonds. The van der Waals surface area contributed by atoms with Crippen LogP contribution in [0, 0.1) is 6.92 Å². The molecule has 2 rings (SSSR count). The Bertz CT molecular complexity index is 484. The van der Waals surface area contributed by atoms with Crippen LogP contribution in [0.25, 0.3) is 0 Å². The Morgan fingerprint density at radius 3 is 2.76 bits per heavy atom. The quantitative estimate of drug-likeness (QED) is 0.866. The van der Waals surface area contributed by atoms with Gasteiger partial charge in [0.2, 0.25) is 5.88 Å². The second-order valence-electron chi connectivity index (χ2n) is 3.58. The van der Waals surface area contributed by atoms with Crippen molar-refractivity contribution in [3.05, 3.63) is 41.9 Å². The van der Waals surface area contributed by atoms with Gasteiger partial charge in [-0.2, -0.15) is 5.10 Å². The molecule has 0 spiro atoms. The van der Waals surface area contributed by atoms with E-state index in [0.717, 1.165) is 11.4 Å².